The standard InChI is InChI=1S/C13H24N2O2/c14-13(7-9-17-10-13)12(16)15-8-6-11-4-2-1-3-5-11/h11H,1-10,14H2,(H,15,16). The summed E-state index contributed by atoms with van der Waals surface area (Å²) in [6.07, 6.45) is 8.48. The second-order valence-electron chi connectivity index (χ2n) is 5.51. The van der Waals surface area contributed by atoms with Crippen molar-refractivity contribution in [3.63, 3.8) is 0 Å². The average molecular weight is 240 g/mol. The number of carbonyl (C=O) groups is 1. The summed E-state index contributed by atoms with van der Waals surface area (Å²) < 4.78 is 5.19. The van der Waals surface area contributed by atoms with Gasteiger partial charge in [-0.05, 0) is 18.8 Å². The molecule has 4 heteroatoms. The predicted octanol–water partition coefficient (Wildman–Crippen LogP) is 1.19. The van der Waals surface area contributed by atoms with Crippen LogP contribution < -0.4 is 11.1 Å². The van der Waals surface area contributed by atoms with E-state index in [0.29, 0.717) is 19.6 Å². The molecule has 2 fully saturated rings. The normalized spacial score (nSPS) is 30.4. The van der Waals surface area contributed by atoms with Gasteiger partial charge in [-0.1, -0.05) is 32.1 Å². The van der Waals surface area contributed by atoms with Crippen molar-refractivity contribution in [2.24, 2.45) is 11.7 Å². The summed E-state index contributed by atoms with van der Waals surface area (Å²) in [6, 6.07) is 0. The van der Waals surface area contributed by atoms with Crippen molar-refractivity contribution in [3.8, 4) is 0 Å². The maximum Gasteiger partial charge on any atom is 0.242 e. The Balaban J connectivity index is 1.65. The van der Waals surface area contributed by atoms with E-state index in [-0.39, 0.29) is 5.91 Å². The molecular formula is C13H24N2O2. The van der Waals surface area contributed by atoms with Crippen LogP contribution in [0, 0.1) is 5.92 Å². The lowest BCUT2D eigenvalue weighted by Gasteiger charge is -2.24. The van der Waals surface area contributed by atoms with E-state index < -0.39 is 5.54 Å². The Morgan fingerprint density at radius 3 is 2.76 bits per heavy atom. The van der Waals surface area contributed by atoms with Gasteiger partial charge in [-0.3, -0.25) is 4.79 Å². The minimum Gasteiger partial charge on any atom is -0.379 e. The van der Waals surface area contributed by atoms with Crippen molar-refractivity contribution >= 4 is 5.91 Å². The van der Waals surface area contributed by atoms with Crippen molar-refractivity contribution in [3.05, 3.63) is 0 Å². The molecule has 0 aromatic heterocycles. The third-order valence-electron chi connectivity index (χ3n) is 4.07. The molecule has 0 radical (unpaired) electrons. The van der Waals surface area contributed by atoms with Gasteiger partial charge < -0.3 is 15.8 Å². The summed E-state index contributed by atoms with van der Waals surface area (Å²) >= 11 is 0. The zero-order valence-electron chi connectivity index (χ0n) is 10.5. The molecule has 0 spiro atoms. The fourth-order valence-electron chi connectivity index (χ4n) is 2.80. The molecule has 4 nitrogen and oxygen atoms in total. The molecule has 0 aromatic rings. The van der Waals surface area contributed by atoms with Crippen LogP contribution in [0.3, 0.4) is 0 Å². The third-order valence-corrected chi connectivity index (χ3v) is 4.07. The number of nitrogens with two attached hydrogens (primary N) is 1. The minimum absolute atomic E-state index is 0.0363. The quantitative estimate of drug-likeness (QED) is 0.776. The highest BCUT2D eigenvalue weighted by atomic mass is 16.5. The highest BCUT2D eigenvalue weighted by Gasteiger charge is 2.37. The number of ether oxygens (including phenoxy) is 1. The van der Waals surface area contributed by atoms with Gasteiger partial charge >= 0.3 is 0 Å². The Hall–Kier alpha value is -0.610. The van der Waals surface area contributed by atoms with E-state index in [2.05, 4.69) is 5.32 Å². The fraction of sp³-hybridized carbons (Fsp3) is 0.923. The molecule has 1 saturated carbocycles. The van der Waals surface area contributed by atoms with E-state index in [1.165, 1.54) is 32.1 Å². The number of hydrogen-bond acceptors (Lipinski definition) is 3. The maximum absolute atomic E-state index is 11.9. The third kappa shape index (κ3) is 3.42. The van der Waals surface area contributed by atoms with Gasteiger partial charge in [-0.15, -0.1) is 0 Å². The van der Waals surface area contributed by atoms with Crippen LogP contribution in [0.15, 0.2) is 0 Å². The Labute approximate surface area is 103 Å². The number of rotatable bonds is 4. The lowest BCUT2D eigenvalue weighted by Crippen LogP contribution is -2.54. The molecule has 0 aromatic carbocycles. The van der Waals surface area contributed by atoms with E-state index in [4.69, 9.17) is 10.5 Å². The first kappa shape index (κ1) is 12.8. The predicted molar refractivity (Wildman–Crippen MR) is 66.6 cm³/mol. The molecule has 1 amide bonds. The topological polar surface area (TPSA) is 64.4 Å². The van der Waals surface area contributed by atoms with Crippen molar-refractivity contribution in [1.29, 1.82) is 0 Å². The molecule has 1 atom stereocenters. The van der Waals surface area contributed by atoms with E-state index in [1.807, 2.05) is 0 Å². The fourth-order valence-corrected chi connectivity index (χ4v) is 2.80. The molecule has 3 N–H and O–H groups in total. The van der Waals surface area contributed by atoms with Crippen LogP contribution in [0.5, 0.6) is 0 Å². The Bertz CT molecular complexity index is 256. The summed E-state index contributed by atoms with van der Waals surface area (Å²) in [6.45, 7) is 1.73. The monoisotopic (exact) mass is 240 g/mol. The smallest absolute Gasteiger partial charge is 0.242 e. The van der Waals surface area contributed by atoms with Crippen LogP contribution in [0.25, 0.3) is 0 Å². The first-order chi connectivity index (χ1) is 8.21. The van der Waals surface area contributed by atoms with Crippen molar-refractivity contribution in [2.45, 2.75) is 50.5 Å². The lowest BCUT2D eigenvalue weighted by atomic mass is 9.87. The van der Waals surface area contributed by atoms with Gasteiger partial charge in [0.15, 0.2) is 0 Å². The van der Waals surface area contributed by atoms with E-state index in [0.717, 1.165) is 18.9 Å². The van der Waals surface area contributed by atoms with E-state index in [1.54, 1.807) is 0 Å². The highest BCUT2D eigenvalue weighted by molar-refractivity contribution is 5.86. The second kappa shape index (κ2) is 5.83. The molecule has 1 saturated heterocycles. The average Bonchev–Trinajstić information content (AvgIpc) is 2.79. The lowest BCUT2D eigenvalue weighted by molar-refractivity contribution is -0.126. The molecule has 98 valence electrons. The van der Waals surface area contributed by atoms with Crippen LogP contribution >= 0.6 is 0 Å². The van der Waals surface area contributed by atoms with Crippen LogP contribution in [-0.2, 0) is 9.53 Å². The summed E-state index contributed by atoms with van der Waals surface area (Å²) in [5.74, 6) is 0.767. The molecule has 1 aliphatic heterocycles. The van der Waals surface area contributed by atoms with Crippen molar-refractivity contribution in [2.75, 3.05) is 19.8 Å². The second-order valence-corrected chi connectivity index (χ2v) is 5.51. The summed E-state index contributed by atoms with van der Waals surface area (Å²) in [7, 11) is 0. The van der Waals surface area contributed by atoms with Gasteiger partial charge in [0.25, 0.3) is 0 Å². The summed E-state index contributed by atoms with van der Waals surface area (Å²) in [4.78, 5) is 11.9. The van der Waals surface area contributed by atoms with Crippen LogP contribution in [0.2, 0.25) is 0 Å². The number of carbonyl (C=O) groups excluding carboxylic acids is 1. The van der Waals surface area contributed by atoms with Crippen LogP contribution in [-0.4, -0.2) is 31.2 Å². The molecule has 17 heavy (non-hydrogen) atoms. The van der Waals surface area contributed by atoms with Gasteiger partial charge in [0, 0.05) is 13.2 Å². The molecular weight excluding hydrogens is 216 g/mol. The zero-order valence-corrected chi connectivity index (χ0v) is 10.5. The molecule has 0 bridgehead atoms. The molecule has 1 aliphatic carbocycles. The van der Waals surface area contributed by atoms with E-state index >= 15 is 0 Å². The SMILES string of the molecule is NC1(C(=O)NCCC2CCCCC2)CCOC1. The number of nitrogens with one attached hydrogen (secondary N) is 1. The van der Waals surface area contributed by atoms with Gasteiger partial charge in [-0.25, -0.2) is 0 Å². The minimum atomic E-state index is -0.771. The number of amides is 1. The Kier molecular flexibility index (Phi) is 4.40. The van der Waals surface area contributed by atoms with Crippen LogP contribution in [0.1, 0.15) is 44.9 Å². The Morgan fingerprint density at radius 2 is 2.12 bits per heavy atom. The molecule has 1 unspecified atom stereocenters. The molecule has 2 rings (SSSR count). The summed E-state index contributed by atoms with van der Waals surface area (Å²) in [5.41, 5.74) is 5.21. The van der Waals surface area contributed by atoms with E-state index in [9.17, 15) is 4.79 Å². The van der Waals surface area contributed by atoms with Gasteiger partial charge in [-0.2, -0.15) is 0 Å². The van der Waals surface area contributed by atoms with Gasteiger partial charge in [0.1, 0.15) is 5.54 Å². The first-order valence-corrected chi connectivity index (χ1v) is 6.86. The maximum atomic E-state index is 11.9. The Morgan fingerprint density at radius 1 is 1.35 bits per heavy atom. The first-order valence-electron chi connectivity index (χ1n) is 6.86. The molecule has 1 heterocycles. The van der Waals surface area contributed by atoms with Gasteiger partial charge in [0.05, 0.1) is 6.61 Å². The number of hydrogen-bond donors (Lipinski definition) is 2. The van der Waals surface area contributed by atoms with Crippen molar-refractivity contribution in [1.82, 2.24) is 5.32 Å². The van der Waals surface area contributed by atoms with Crippen LogP contribution in [0.4, 0.5) is 0 Å². The molecule has 2 aliphatic rings. The van der Waals surface area contributed by atoms with Crippen molar-refractivity contribution < 1.29 is 9.53 Å². The summed E-state index contributed by atoms with van der Waals surface area (Å²) in [5, 5.41) is 2.97. The van der Waals surface area contributed by atoms with Gasteiger partial charge in [0.2, 0.25) is 5.91 Å². The largest absolute Gasteiger partial charge is 0.379 e. The highest BCUT2D eigenvalue weighted by Crippen LogP contribution is 2.25. The zero-order chi connectivity index (χ0) is 12.1.